The highest BCUT2D eigenvalue weighted by Crippen LogP contribution is 2.66. The summed E-state index contributed by atoms with van der Waals surface area (Å²) in [7, 11) is -21.4. The number of fused-ring (bicyclic) bond motifs is 2. The second kappa shape index (κ2) is 38.5. The minimum absolute atomic E-state index is 0.0118. The lowest BCUT2D eigenvalue weighted by molar-refractivity contribution is -0.0609. The summed E-state index contributed by atoms with van der Waals surface area (Å²) in [5, 5.41) is 20.1. The smallest absolute Gasteiger partial charge is 0.478 e. The van der Waals surface area contributed by atoms with E-state index in [0.29, 0.717) is 31.8 Å². The number of unbranched alkanes of at least 4 members (excludes halogenated alkanes) is 1. The Hall–Kier alpha value is -5.56. The summed E-state index contributed by atoms with van der Waals surface area (Å²) >= 11 is 0. The summed E-state index contributed by atoms with van der Waals surface area (Å²) in [6.07, 6.45) is -2.77. The van der Waals surface area contributed by atoms with Crippen LogP contribution in [0.25, 0.3) is 12.2 Å². The first kappa shape index (κ1) is 84.4. The number of carbonyl (C=O) groups is 5. The number of nitrogens with one attached hydrogen (secondary N) is 4. The molecule has 46 heteroatoms. The van der Waals surface area contributed by atoms with Crippen LogP contribution in [-0.4, -0.2) is 205 Å². The number of nitrogen functional groups attached to an aromatic ring is 1. The van der Waals surface area contributed by atoms with Crippen molar-refractivity contribution in [2.75, 3.05) is 95.9 Å². The van der Waals surface area contributed by atoms with Gasteiger partial charge in [-0.15, -0.1) is 0 Å². The maximum atomic E-state index is 13.4. The van der Waals surface area contributed by atoms with Gasteiger partial charge in [0.15, 0.2) is 16.4 Å². The number of hydrogen-bond acceptors (Lipinski definition) is 29. The highest BCUT2D eigenvalue weighted by atomic mass is 33.1. The van der Waals surface area contributed by atoms with Crippen LogP contribution in [0.2, 0.25) is 0 Å². The topological polar surface area (TPSA) is 551 Å². The lowest BCUT2D eigenvalue weighted by Gasteiger charge is -2.32. The molecule has 0 bridgehead atoms. The van der Waals surface area contributed by atoms with E-state index in [1.54, 1.807) is 10.8 Å². The Morgan fingerprint density at radius 1 is 0.802 bits per heavy atom. The minimum Gasteiger partial charge on any atom is -0.478 e. The summed E-state index contributed by atoms with van der Waals surface area (Å²) in [6, 6.07) is 7.59. The summed E-state index contributed by atoms with van der Waals surface area (Å²) in [4.78, 5) is 100. The van der Waals surface area contributed by atoms with Gasteiger partial charge in [-0.3, -0.25) is 23.3 Å². The Morgan fingerprint density at radius 2 is 1.48 bits per heavy atom. The maximum absolute atomic E-state index is 13.4. The number of aromatic carboxylic acids is 1. The van der Waals surface area contributed by atoms with Crippen LogP contribution in [0.5, 0.6) is 11.5 Å². The number of urea groups is 1. The van der Waals surface area contributed by atoms with Crippen LogP contribution >= 0.6 is 66.6 Å². The number of carboxylic acids is 1. The van der Waals surface area contributed by atoms with Crippen LogP contribution in [0.3, 0.4) is 0 Å². The lowest BCUT2D eigenvalue weighted by Crippen LogP contribution is -2.54. The number of hydrogen-bond donors (Lipinski definition) is 13. The zero-order chi connectivity index (χ0) is 74.5. The fraction of sp³-hybridized carbons (Fsp3) is 0.473. The first-order chi connectivity index (χ1) is 47.4. The van der Waals surface area contributed by atoms with Crippen molar-refractivity contribution in [1.82, 2.24) is 26.2 Å². The Kier molecular flexibility index (Phi) is 32.1. The first-order valence-corrected chi connectivity index (χ1v) is 41.9. The Bertz CT molecular complexity index is 4110. The zero-order valence-electron chi connectivity index (χ0n) is 53.8. The Balaban J connectivity index is 0.809. The highest BCUT2D eigenvalue weighted by molar-refractivity contribution is 8.77. The number of ether oxygens (including phenoxy) is 8. The van der Waals surface area contributed by atoms with E-state index >= 15 is 0 Å². The van der Waals surface area contributed by atoms with Crippen LogP contribution in [0.4, 0.5) is 20.1 Å². The lowest BCUT2D eigenvalue weighted by atomic mass is 9.88. The molecule has 560 valence electrons. The van der Waals surface area contributed by atoms with E-state index in [4.69, 9.17) is 63.7 Å². The van der Waals surface area contributed by atoms with Crippen LogP contribution in [0.1, 0.15) is 78.3 Å². The normalized spacial score (nSPS) is 18.1. The van der Waals surface area contributed by atoms with Gasteiger partial charge in [-0.25, -0.2) is 32.9 Å². The van der Waals surface area contributed by atoms with Crippen molar-refractivity contribution in [2.45, 2.75) is 85.6 Å². The van der Waals surface area contributed by atoms with Crippen LogP contribution in [0.15, 0.2) is 64.0 Å². The van der Waals surface area contributed by atoms with Gasteiger partial charge in [-0.05, 0) is 80.3 Å². The quantitative estimate of drug-likeness (QED) is 0.00566. The van der Waals surface area contributed by atoms with Crippen LogP contribution in [0, 0.1) is 11.8 Å². The molecular weight excluding hydrogens is 1520 g/mol. The zero-order valence-corrected chi connectivity index (χ0v) is 61.4. The molecule has 0 spiro atoms. The van der Waals surface area contributed by atoms with E-state index in [1.807, 2.05) is 20.8 Å². The second-order valence-corrected chi connectivity index (χ2v) is 34.4. The predicted molar refractivity (Wildman–Crippen MR) is 366 cm³/mol. The average molecular weight is 1600 g/mol. The van der Waals surface area contributed by atoms with Crippen molar-refractivity contribution >= 4 is 135 Å². The van der Waals surface area contributed by atoms with Gasteiger partial charge in [0.1, 0.15) is 35.3 Å². The number of carbonyl (C=O) groups excluding carboxylic acids is 4. The SMILES string of the molecule is C=c1ccc2c(c1S(=O)(=O)O)Oc1c(ccc(N)c1S(=O)(=O)O)C=2c1cc(C(=O)NCCOCCOCCNC(=O)OCCC(C)(C)SSCOCCCCOC(=O)NCC#CC2=CN([C@H]3C[C@H](OCSSCC)[C@@H](COP(=O)(O)OP(=O)(O)OP(=O)(O)O)O3)C(=O)NC2N)ccc1C(=O)O. The molecule has 3 aromatic rings. The molecule has 3 heterocycles. The van der Waals surface area contributed by atoms with E-state index in [9.17, 15) is 78.5 Å². The molecule has 15 N–H and O–H groups in total. The third-order valence-corrected chi connectivity index (χ3v) is 24.5. The highest BCUT2D eigenvalue weighted by Gasteiger charge is 2.46. The third kappa shape index (κ3) is 26.8. The summed E-state index contributed by atoms with van der Waals surface area (Å²) in [6.45, 7) is 9.56. The maximum Gasteiger partial charge on any atom is 0.490 e. The van der Waals surface area contributed by atoms with Crippen molar-refractivity contribution in [1.29, 1.82) is 0 Å². The van der Waals surface area contributed by atoms with E-state index in [1.165, 1.54) is 68.9 Å². The number of nitrogens with two attached hydrogens (primary N) is 2. The first-order valence-electron chi connectivity index (χ1n) is 29.7. The molecule has 5 amide bonds. The number of amides is 5. The molecule has 0 radical (unpaired) electrons. The van der Waals surface area contributed by atoms with E-state index < -0.39 is 138 Å². The van der Waals surface area contributed by atoms with E-state index in [2.05, 4.69) is 48.3 Å². The van der Waals surface area contributed by atoms with Gasteiger partial charge in [0.2, 0.25) is 0 Å². The van der Waals surface area contributed by atoms with Gasteiger partial charge < -0.3 is 95.3 Å². The molecule has 0 saturated carbocycles. The standard InChI is InChI=1S/C55H74N7O30P3S6/c1-5-96-97-32-87-41-28-43(89-42(41)30-88-94(72,73)92-95(74,75)91-93(69,70)71)62-29-35(49(57)61-52(62)66)9-8-17-59-53(67)85-21-7-6-20-84-31-98-99-55(3,4)16-22-86-54(68)60-19-24-83-26-25-82-23-18-58-50(63)34-11-13-36(51(64)65)39(27-34)44-37-12-10-33(2)47(100(76,77)78)45(37)90-46-38(44)14-15-40(56)48(46)101(79,80)81/h10-15,27,29,41-43,49H,2,5-7,16-26,28,30-32,56-57H2,1,3-4H3,(H,58,63)(H,59,67)(H,60,68)(H,61,66)(H,64,65)(H,72,73)(H,74,75)(H2,69,70,71)(H,76,77,78)(H,79,80,81)/t41-,42+,43+,49?/m0/s1. The average Bonchev–Trinajstić information content (AvgIpc) is 1.01. The van der Waals surface area contributed by atoms with Gasteiger partial charge in [-0.2, -0.15) is 25.5 Å². The van der Waals surface area contributed by atoms with Gasteiger partial charge in [0.05, 0.1) is 75.7 Å². The molecule has 101 heavy (non-hydrogen) atoms. The number of carboxylic acid groups (broad SMARTS) is 1. The van der Waals surface area contributed by atoms with E-state index in [0.717, 1.165) is 22.8 Å². The summed E-state index contributed by atoms with van der Waals surface area (Å²) in [5.41, 5.74) is 10.6. The van der Waals surface area contributed by atoms with Crippen LogP contribution < -0.4 is 47.9 Å². The fourth-order valence-corrected chi connectivity index (χ4v) is 17.3. The van der Waals surface area contributed by atoms with Gasteiger partial charge in [0.25, 0.3) is 26.1 Å². The van der Waals surface area contributed by atoms with Crippen molar-refractivity contribution in [3.05, 3.63) is 86.9 Å². The van der Waals surface area contributed by atoms with Crippen molar-refractivity contribution < 1.29 is 139 Å². The van der Waals surface area contributed by atoms with Crippen molar-refractivity contribution in [3.63, 3.8) is 0 Å². The number of nitrogens with zero attached hydrogens (tertiary/aromatic N) is 1. The molecule has 3 aromatic carbocycles. The second-order valence-electron chi connectivity index (χ2n) is 21.6. The fourth-order valence-electron chi connectivity index (χ4n) is 9.17. The molecule has 0 aliphatic carbocycles. The minimum atomic E-state index is -5.79. The molecular formula is C55H74N7O30P3S6. The van der Waals surface area contributed by atoms with Crippen LogP contribution in [-0.2, 0) is 80.2 Å². The molecule has 3 unspecified atom stereocenters. The van der Waals surface area contributed by atoms with E-state index in [-0.39, 0.29) is 115 Å². The molecule has 1 fully saturated rings. The number of rotatable bonds is 40. The largest absolute Gasteiger partial charge is 0.490 e. The van der Waals surface area contributed by atoms with Gasteiger partial charge in [0, 0.05) is 64.7 Å². The third-order valence-electron chi connectivity index (χ3n) is 13.6. The Labute approximate surface area is 594 Å². The number of phosphoric acid groups is 3. The van der Waals surface area contributed by atoms with Gasteiger partial charge >= 0.3 is 47.7 Å². The molecule has 3 aliphatic rings. The number of alkyl carbamates (subject to hydrolysis) is 2. The van der Waals surface area contributed by atoms with Gasteiger partial charge in [-0.1, -0.05) is 74.6 Å². The summed E-state index contributed by atoms with van der Waals surface area (Å²) < 4.78 is 163. The molecule has 6 rings (SSSR count). The molecule has 6 atom stereocenters. The monoisotopic (exact) mass is 1600 g/mol. The van der Waals surface area contributed by atoms with Crippen molar-refractivity contribution in [2.24, 2.45) is 5.73 Å². The molecule has 37 nitrogen and oxygen atoms in total. The number of phosphoric ester groups is 1. The van der Waals surface area contributed by atoms with Crippen molar-refractivity contribution in [3.8, 4) is 23.3 Å². The molecule has 0 aromatic heterocycles. The summed E-state index contributed by atoms with van der Waals surface area (Å²) in [5.74, 6) is 3.15. The Morgan fingerprint density at radius 3 is 2.15 bits per heavy atom. The molecule has 1 saturated heterocycles. The number of benzene rings is 3. The predicted octanol–water partition coefficient (Wildman–Crippen LogP) is 4.14. The number of anilines is 1. The molecule has 3 aliphatic heterocycles.